The Kier molecular flexibility index (Phi) is 3.64. The molecule has 8 heteroatoms. The summed E-state index contributed by atoms with van der Waals surface area (Å²) in [5.74, 6) is -0.913. The van der Waals surface area contributed by atoms with Gasteiger partial charge in [0.05, 0.1) is 11.3 Å². The number of hydrogen-bond donors (Lipinski definition) is 3. The molecule has 0 bridgehead atoms. The Hall–Kier alpha value is -2.74. The summed E-state index contributed by atoms with van der Waals surface area (Å²) in [5.41, 5.74) is 10.7. The topological polar surface area (TPSA) is 89.3 Å². The summed E-state index contributed by atoms with van der Waals surface area (Å²) < 4.78 is 40.1. The molecule has 0 saturated carbocycles. The minimum atomic E-state index is -4.63. The number of primary amides is 1. The molecule has 4 nitrogen and oxygen atoms in total. The smallest absolute Gasteiger partial charge is 0.417 e. The van der Waals surface area contributed by atoms with Crippen LogP contribution >= 0.6 is 11.3 Å². The number of anilines is 1. The van der Waals surface area contributed by atoms with E-state index in [2.05, 4.69) is 0 Å². The number of nitrogens with two attached hydrogens (primary N) is 2. The first-order valence-corrected chi connectivity index (χ1v) is 7.53. The van der Waals surface area contributed by atoms with E-state index in [9.17, 15) is 23.1 Å². The number of rotatable bonds is 2. The highest BCUT2D eigenvalue weighted by Crippen LogP contribution is 2.46. The van der Waals surface area contributed by atoms with Crippen LogP contribution in [0, 0.1) is 0 Å². The number of hydrogen-bond acceptors (Lipinski definition) is 4. The van der Waals surface area contributed by atoms with Gasteiger partial charge in [0.1, 0.15) is 10.6 Å². The fourth-order valence-corrected chi connectivity index (χ4v) is 3.68. The lowest BCUT2D eigenvalue weighted by molar-refractivity contribution is -0.136. The number of amides is 1. The summed E-state index contributed by atoms with van der Waals surface area (Å²) in [6, 6.07) is 8.28. The molecule has 3 rings (SSSR count). The lowest BCUT2D eigenvalue weighted by Gasteiger charge is -2.12. The van der Waals surface area contributed by atoms with Gasteiger partial charge in [0.2, 0.25) is 0 Å². The fraction of sp³-hybridized carbons (Fsp3) is 0.0625. The summed E-state index contributed by atoms with van der Waals surface area (Å²) in [6.07, 6.45) is -4.63. The zero-order chi connectivity index (χ0) is 17.6. The Morgan fingerprint density at radius 3 is 2.46 bits per heavy atom. The van der Waals surface area contributed by atoms with Gasteiger partial charge in [0.25, 0.3) is 5.91 Å². The van der Waals surface area contributed by atoms with Gasteiger partial charge < -0.3 is 16.6 Å². The van der Waals surface area contributed by atoms with Gasteiger partial charge in [-0.05, 0) is 29.3 Å². The molecule has 0 aliphatic rings. The number of alkyl halides is 3. The Bertz CT molecular complexity index is 964. The van der Waals surface area contributed by atoms with Crippen molar-refractivity contribution in [2.24, 2.45) is 5.73 Å². The van der Waals surface area contributed by atoms with E-state index in [1.165, 1.54) is 18.2 Å². The molecule has 124 valence electrons. The van der Waals surface area contributed by atoms with Gasteiger partial charge in [-0.2, -0.15) is 13.2 Å². The van der Waals surface area contributed by atoms with Crippen molar-refractivity contribution in [1.82, 2.24) is 0 Å². The number of aromatic hydroxyl groups is 1. The molecule has 1 amide bonds. The van der Waals surface area contributed by atoms with Gasteiger partial charge in [0.15, 0.2) is 0 Å². The van der Waals surface area contributed by atoms with E-state index in [0.717, 1.165) is 17.4 Å². The predicted octanol–water partition coefficient (Wildman–Crippen LogP) is 3.97. The van der Waals surface area contributed by atoms with Crippen LogP contribution < -0.4 is 11.5 Å². The molecule has 0 unspecified atom stereocenters. The average molecular weight is 352 g/mol. The number of fused-ring (bicyclic) bond motifs is 1. The molecular weight excluding hydrogens is 341 g/mol. The number of phenols is 1. The van der Waals surface area contributed by atoms with Crippen LogP contribution in [0.2, 0.25) is 0 Å². The van der Waals surface area contributed by atoms with Crippen molar-refractivity contribution in [2.75, 3.05) is 5.73 Å². The van der Waals surface area contributed by atoms with Crippen LogP contribution in [-0.2, 0) is 6.18 Å². The molecule has 2 aromatic carbocycles. The lowest BCUT2D eigenvalue weighted by Crippen LogP contribution is -2.11. The summed E-state index contributed by atoms with van der Waals surface area (Å²) >= 11 is 0.808. The fourth-order valence-electron chi connectivity index (χ4n) is 2.55. The van der Waals surface area contributed by atoms with Crippen molar-refractivity contribution >= 4 is 33.0 Å². The van der Waals surface area contributed by atoms with Crippen molar-refractivity contribution < 1.29 is 23.1 Å². The number of thiophene rings is 1. The van der Waals surface area contributed by atoms with E-state index >= 15 is 0 Å². The molecule has 5 N–H and O–H groups in total. The first kappa shape index (κ1) is 16.1. The van der Waals surface area contributed by atoms with E-state index in [0.29, 0.717) is 11.1 Å². The molecule has 24 heavy (non-hydrogen) atoms. The van der Waals surface area contributed by atoms with Crippen molar-refractivity contribution in [3.63, 3.8) is 0 Å². The minimum Gasteiger partial charge on any atom is -0.508 e. The number of nitrogen functional groups attached to an aromatic ring is 1. The molecular formula is C16H11F3N2O2S. The highest BCUT2D eigenvalue weighted by atomic mass is 32.1. The molecule has 1 aromatic heterocycles. The van der Waals surface area contributed by atoms with Crippen LogP contribution in [0.4, 0.5) is 18.9 Å². The van der Waals surface area contributed by atoms with Crippen molar-refractivity contribution in [2.45, 2.75) is 6.18 Å². The maximum atomic E-state index is 13.3. The van der Waals surface area contributed by atoms with Gasteiger partial charge in [0, 0.05) is 10.1 Å². The molecule has 0 saturated heterocycles. The SMILES string of the molecule is NC(=O)c1sc2c(-c3cccc(O)c3)ccc(C(F)(F)F)c2c1N. The number of carbonyl (C=O) groups is 1. The average Bonchev–Trinajstić information content (AvgIpc) is 2.83. The third-order valence-electron chi connectivity index (χ3n) is 3.56. The molecule has 0 atom stereocenters. The normalized spacial score (nSPS) is 11.8. The second kappa shape index (κ2) is 5.41. The van der Waals surface area contributed by atoms with Gasteiger partial charge in [-0.3, -0.25) is 4.79 Å². The second-order valence-corrected chi connectivity index (χ2v) is 6.14. The van der Waals surface area contributed by atoms with Crippen molar-refractivity contribution in [3.8, 4) is 16.9 Å². The Labute approximate surface area is 138 Å². The Balaban J connectivity index is 2.42. The number of phenolic OH excluding ortho intramolecular Hbond substituents is 1. The Morgan fingerprint density at radius 2 is 1.88 bits per heavy atom. The minimum absolute atomic E-state index is 0.0276. The van der Waals surface area contributed by atoms with Crippen LogP contribution in [0.25, 0.3) is 21.2 Å². The number of benzene rings is 2. The van der Waals surface area contributed by atoms with E-state index in [-0.39, 0.29) is 26.4 Å². The van der Waals surface area contributed by atoms with Crippen LogP contribution in [0.5, 0.6) is 5.75 Å². The third kappa shape index (κ3) is 2.54. The molecule has 3 aromatic rings. The number of carbonyl (C=O) groups excluding carboxylic acids is 1. The second-order valence-electron chi connectivity index (χ2n) is 5.12. The molecule has 0 radical (unpaired) electrons. The molecule has 0 aliphatic carbocycles. The zero-order valence-electron chi connectivity index (χ0n) is 12.0. The summed E-state index contributed by atoms with van der Waals surface area (Å²) in [4.78, 5) is 11.4. The predicted molar refractivity (Wildman–Crippen MR) is 86.9 cm³/mol. The van der Waals surface area contributed by atoms with E-state index < -0.39 is 17.6 Å². The van der Waals surface area contributed by atoms with Crippen LogP contribution in [0.1, 0.15) is 15.2 Å². The summed E-state index contributed by atoms with van der Waals surface area (Å²) in [5, 5.41) is 9.35. The first-order valence-electron chi connectivity index (χ1n) is 6.71. The lowest BCUT2D eigenvalue weighted by atomic mass is 9.99. The molecule has 0 spiro atoms. The maximum Gasteiger partial charge on any atom is 0.417 e. The van der Waals surface area contributed by atoms with Gasteiger partial charge in [-0.25, -0.2) is 0 Å². The Morgan fingerprint density at radius 1 is 1.17 bits per heavy atom. The largest absolute Gasteiger partial charge is 0.508 e. The quantitative estimate of drug-likeness (QED) is 0.652. The van der Waals surface area contributed by atoms with Crippen LogP contribution in [0.3, 0.4) is 0 Å². The summed E-state index contributed by atoms with van der Waals surface area (Å²) in [6.45, 7) is 0. The van der Waals surface area contributed by atoms with Gasteiger partial charge >= 0.3 is 6.18 Å². The van der Waals surface area contributed by atoms with Gasteiger partial charge in [-0.1, -0.05) is 18.2 Å². The van der Waals surface area contributed by atoms with E-state index in [4.69, 9.17) is 11.5 Å². The highest BCUT2D eigenvalue weighted by Gasteiger charge is 2.35. The van der Waals surface area contributed by atoms with Gasteiger partial charge in [-0.15, -0.1) is 11.3 Å². The van der Waals surface area contributed by atoms with E-state index in [1.54, 1.807) is 12.1 Å². The highest BCUT2D eigenvalue weighted by molar-refractivity contribution is 7.22. The first-order chi connectivity index (χ1) is 11.2. The van der Waals surface area contributed by atoms with E-state index in [1.807, 2.05) is 0 Å². The van der Waals surface area contributed by atoms with Crippen molar-refractivity contribution in [3.05, 3.63) is 46.8 Å². The standard InChI is InChI=1S/C16H11F3N2O2S/c17-16(18,19)10-5-4-9(7-2-1-3-8(22)6-7)13-11(10)12(20)14(24-13)15(21)23/h1-6,22H,20H2,(H2,21,23). The summed E-state index contributed by atoms with van der Waals surface area (Å²) in [7, 11) is 0. The monoisotopic (exact) mass is 352 g/mol. The maximum absolute atomic E-state index is 13.3. The molecule has 0 fully saturated rings. The zero-order valence-corrected chi connectivity index (χ0v) is 12.8. The third-order valence-corrected chi connectivity index (χ3v) is 4.82. The molecule has 1 heterocycles. The number of halogens is 3. The van der Waals surface area contributed by atoms with Crippen LogP contribution in [-0.4, -0.2) is 11.0 Å². The van der Waals surface area contributed by atoms with Crippen LogP contribution in [0.15, 0.2) is 36.4 Å². The van der Waals surface area contributed by atoms with Crippen molar-refractivity contribution in [1.29, 1.82) is 0 Å². The molecule has 0 aliphatic heterocycles.